The molecule has 0 aliphatic rings. The highest BCUT2D eigenvalue weighted by Gasteiger charge is 2.15. The first-order chi connectivity index (χ1) is 7.56. The molecule has 1 aromatic rings. The highest BCUT2D eigenvalue weighted by Crippen LogP contribution is 2.19. The summed E-state index contributed by atoms with van der Waals surface area (Å²) in [6.45, 7) is 4.59. The van der Waals surface area contributed by atoms with E-state index in [1.165, 1.54) is 18.2 Å². The molecule has 16 heavy (non-hydrogen) atoms. The fraction of sp³-hybridized carbons (Fsp3) is 0.417. The Balaban J connectivity index is 2.64. The Morgan fingerprint density at radius 1 is 1.44 bits per heavy atom. The van der Waals surface area contributed by atoms with Gasteiger partial charge in [-0.3, -0.25) is 4.79 Å². The van der Waals surface area contributed by atoms with E-state index in [9.17, 15) is 4.79 Å². The van der Waals surface area contributed by atoms with Crippen LogP contribution in [0, 0.1) is 13.8 Å². The normalized spacial score (nSPS) is 12.0. The molecule has 88 valence electrons. The van der Waals surface area contributed by atoms with Crippen LogP contribution in [0.5, 0.6) is 0 Å². The molecule has 1 rings (SSSR count). The zero-order valence-corrected chi connectivity index (χ0v) is 11.3. The molecule has 0 amide bonds. The zero-order valence-electron chi connectivity index (χ0n) is 9.71. The third-order valence-electron chi connectivity index (χ3n) is 2.40. The summed E-state index contributed by atoms with van der Waals surface area (Å²) < 4.78 is 4.64. The Kier molecular flexibility index (Phi) is 4.80. The second-order valence-electron chi connectivity index (χ2n) is 3.64. The average molecular weight is 286 g/mol. The Hall–Kier alpha value is -1.03. The van der Waals surface area contributed by atoms with Crippen molar-refractivity contribution in [3.8, 4) is 0 Å². The third-order valence-corrected chi connectivity index (χ3v) is 3.09. The van der Waals surface area contributed by atoms with Crippen LogP contribution < -0.4 is 5.32 Å². The molecule has 0 bridgehead atoms. The summed E-state index contributed by atoms with van der Waals surface area (Å²) in [6.07, 6.45) is 0. The number of halogens is 1. The van der Waals surface area contributed by atoms with Crippen molar-refractivity contribution in [1.29, 1.82) is 0 Å². The summed E-state index contributed by atoms with van der Waals surface area (Å²) in [4.78, 5) is 10.9. The van der Waals surface area contributed by atoms with Gasteiger partial charge in [0, 0.05) is 12.2 Å². The number of hydrogen-bond donors (Lipinski definition) is 1. The van der Waals surface area contributed by atoms with Crippen molar-refractivity contribution in [2.24, 2.45) is 0 Å². The fourth-order valence-electron chi connectivity index (χ4n) is 1.50. The highest BCUT2D eigenvalue weighted by atomic mass is 79.9. The standard InChI is InChI=1S/C12H16BrNO2/c1-8-5-4-6-9(2)11(8)14-7-10(13)12(15)16-3/h4-6,10,14H,7H2,1-3H3. The van der Waals surface area contributed by atoms with Crippen LogP contribution in [0.2, 0.25) is 0 Å². The van der Waals surface area contributed by atoms with Crippen LogP contribution in [-0.4, -0.2) is 24.5 Å². The third kappa shape index (κ3) is 3.23. The number of carbonyl (C=O) groups excluding carboxylic acids is 1. The topological polar surface area (TPSA) is 38.3 Å². The van der Waals surface area contributed by atoms with Crippen LogP contribution in [0.25, 0.3) is 0 Å². The van der Waals surface area contributed by atoms with Crippen LogP contribution >= 0.6 is 15.9 Å². The SMILES string of the molecule is COC(=O)C(Br)CNc1c(C)cccc1C. The molecule has 0 saturated heterocycles. The van der Waals surface area contributed by atoms with Crippen molar-refractivity contribution in [2.75, 3.05) is 19.0 Å². The molecule has 1 N–H and O–H groups in total. The summed E-state index contributed by atoms with van der Waals surface area (Å²) >= 11 is 3.27. The number of para-hydroxylation sites is 1. The minimum atomic E-state index is -0.323. The number of nitrogens with one attached hydrogen (secondary N) is 1. The van der Waals surface area contributed by atoms with Crippen LogP contribution in [-0.2, 0) is 9.53 Å². The predicted molar refractivity (Wildman–Crippen MR) is 69.1 cm³/mol. The maximum atomic E-state index is 11.2. The van der Waals surface area contributed by atoms with E-state index in [1.807, 2.05) is 32.0 Å². The summed E-state index contributed by atoms with van der Waals surface area (Å²) in [5.74, 6) is -0.265. The quantitative estimate of drug-likeness (QED) is 0.683. The molecular weight excluding hydrogens is 270 g/mol. The minimum absolute atomic E-state index is 0.265. The van der Waals surface area contributed by atoms with Gasteiger partial charge in [0.25, 0.3) is 0 Å². The lowest BCUT2D eigenvalue weighted by Crippen LogP contribution is -2.24. The molecule has 4 heteroatoms. The number of anilines is 1. The molecule has 0 radical (unpaired) electrons. The number of hydrogen-bond acceptors (Lipinski definition) is 3. The van der Waals surface area contributed by atoms with Crippen molar-refractivity contribution < 1.29 is 9.53 Å². The smallest absolute Gasteiger partial charge is 0.321 e. The van der Waals surface area contributed by atoms with Gasteiger partial charge in [-0.15, -0.1) is 0 Å². The molecule has 0 aromatic heterocycles. The van der Waals surface area contributed by atoms with Crippen LogP contribution in [0.15, 0.2) is 18.2 Å². The summed E-state index contributed by atoms with van der Waals surface area (Å²) in [7, 11) is 1.38. The van der Waals surface area contributed by atoms with Crippen LogP contribution in [0.4, 0.5) is 5.69 Å². The van der Waals surface area contributed by atoms with Gasteiger partial charge in [-0.1, -0.05) is 34.1 Å². The molecule has 0 heterocycles. The zero-order chi connectivity index (χ0) is 12.1. The fourth-order valence-corrected chi connectivity index (χ4v) is 1.84. The number of carbonyl (C=O) groups is 1. The number of benzene rings is 1. The summed E-state index contributed by atoms with van der Waals surface area (Å²) in [5, 5.41) is 3.25. The summed E-state index contributed by atoms with van der Waals surface area (Å²) in [5.41, 5.74) is 3.42. The van der Waals surface area contributed by atoms with E-state index < -0.39 is 0 Å². The van der Waals surface area contributed by atoms with E-state index in [-0.39, 0.29) is 10.8 Å². The molecule has 1 aromatic carbocycles. The molecule has 0 saturated carbocycles. The Morgan fingerprint density at radius 2 is 2.00 bits per heavy atom. The monoisotopic (exact) mass is 285 g/mol. The first-order valence-electron chi connectivity index (χ1n) is 5.08. The lowest BCUT2D eigenvalue weighted by molar-refractivity contribution is -0.139. The van der Waals surface area contributed by atoms with Crippen molar-refractivity contribution in [3.63, 3.8) is 0 Å². The Labute approximate surface area is 104 Å². The first kappa shape index (κ1) is 13.0. The van der Waals surface area contributed by atoms with Gasteiger partial charge in [-0.2, -0.15) is 0 Å². The van der Waals surface area contributed by atoms with Gasteiger partial charge in [0.1, 0.15) is 4.83 Å². The van der Waals surface area contributed by atoms with Crippen molar-refractivity contribution in [1.82, 2.24) is 0 Å². The minimum Gasteiger partial charge on any atom is -0.468 e. The number of esters is 1. The Morgan fingerprint density at radius 3 is 2.50 bits per heavy atom. The van der Waals surface area contributed by atoms with Gasteiger partial charge < -0.3 is 10.1 Å². The van der Waals surface area contributed by atoms with Gasteiger partial charge >= 0.3 is 5.97 Å². The number of alkyl halides is 1. The largest absolute Gasteiger partial charge is 0.468 e. The van der Waals surface area contributed by atoms with Crippen molar-refractivity contribution in [2.45, 2.75) is 18.7 Å². The lowest BCUT2D eigenvalue weighted by atomic mass is 10.1. The average Bonchev–Trinajstić information content (AvgIpc) is 2.27. The maximum absolute atomic E-state index is 11.2. The molecule has 0 spiro atoms. The highest BCUT2D eigenvalue weighted by molar-refractivity contribution is 9.10. The van der Waals surface area contributed by atoms with Gasteiger partial charge in [-0.05, 0) is 25.0 Å². The van der Waals surface area contributed by atoms with Crippen molar-refractivity contribution in [3.05, 3.63) is 29.3 Å². The van der Waals surface area contributed by atoms with E-state index >= 15 is 0 Å². The van der Waals surface area contributed by atoms with Gasteiger partial charge in [0.2, 0.25) is 0 Å². The van der Waals surface area contributed by atoms with Gasteiger partial charge in [0.05, 0.1) is 7.11 Å². The van der Waals surface area contributed by atoms with Gasteiger partial charge in [-0.25, -0.2) is 0 Å². The Bertz CT molecular complexity index is 359. The van der Waals surface area contributed by atoms with Gasteiger partial charge in [0.15, 0.2) is 0 Å². The van der Waals surface area contributed by atoms with E-state index in [0.29, 0.717) is 6.54 Å². The van der Waals surface area contributed by atoms with Crippen molar-refractivity contribution >= 4 is 27.6 Å². The molecule has 0 aliphatic carbocycles. The maximum Gasteiger partial charge on any atom is 0.321 e. The lowest BCUT2D eigenvalue weighted by Gasteiger charge is -2.14. The van der Waals surface area contributed by atoms with E-state index in [1.54, 1.807) is 0 Å². The van der Waals surface area contributed by atoms with E-state index in [4.69, 9.17) is 0 Å². The summed E-state index contributed by atoms with van der Waals surface area (Å²) in [6, 6.07) is 6.09. The van der Waals surface area contributed by atoms with Crippen LogP contribution in [0.3, 0.4) is 0 Å². The number of ether oxygens (including phenoxy) is 1. The molecular formula is C12H16BrNO2. The molecule has 1 unspecified atom stereocenters. The number of aryl methyl sites for hydroxylation is 2. The molecule has 0 fully saturated rings. The second kappa shape index (κ2) is 5.89. The second-order valence-corrected chi connectivity index (χ2v) is 4.74. The number of rotatable bonds is 4. The molecule has 0 aliphatic heterocycles. The van der Waals surface area contributed by atoms with Crippen LogP contribution in [0.1, 0.15) is 11.1 Å². The van der Waals surface area contributed by atoms with E-state index in [2.05, 4.69) is 26.0 Å². The molecule has 3 nitrogen and oxygen atoms in total. The molecule has 1 atom stereocenters. The van der Waals surface area contributed by atoms with E-state index in [0.717, 1.165) is 5.69 Å². The number of methoxy groups -OCH3 is 1. The first-order valence-corrected chi connectivity index (χ1v) is 5.99. The predicted octanol–water partition coefficient (Wildman–Crippen LogP) is 2.65.